The summed E-state index contributed by atoms with van der Waals surface area (Å²) in [5.41, 5.74) is 8.65. The summed E-state index contributed by atoms with van der Waals surface area (Å²) < 4.78 is 5.61. The molecule has 1 aromatic carbocycles. The monoisotopic (exact) mass is 243 g/mol. The van der Waals surface area contributed by atoms with Crippen molar-refractivity contribution in [2.45, 2.75) is 26.8 Å². The van der Waals surface area contributed by atoms with E-state index in [0.29, 0.717) is 11.8 Å². The molecule has 0 aliphatic carbocycles. The molecule has 0 spiro atoms. The van der Waals surface area contributed by atoms with Crippen LogP contribution in [0, 0.1) is 13.8 Å². The Morgan fingerprint density at radius 1 is 1.06 bits per heavy atom. The summed E-state index contributed by atoms with van der Waals surface area (Å²) in [6, 6.07) is 9.95. The number of nitrogens with two attached hydrogens (primary N) is 1. The SMILES string of the molecule is Cc1cc(C)nc(Oc2ccc(C(C)N)cc2)n1. The molecule has 0 amide bonds. The van der Waals surface area contributed by atoms with Crippen LogP contribution in [0.4, 0.5) is 0 Å². The van der Waals surface area contributed by atoms with Gasteiger partial charge in [-0.3, -0.25) is 0 Å². The zero-order valence-electron chi connectivity index (χ0n) is 10.8. The van der Waals surface area contributed by atoms with Crippen molar-refractivity contribution >= 4 is 0 Å². The molecule has 4 nitrogen and oxygen atoms in total. The van der Waals surface area contributed by atoms with Gasteiger partial charge in [0.15, 0.2) is 0 Å². The molecule has 0 saturated carbocycles. The zero-order valence-corrected chi connectivity index (χ0v) is 10.8. The van der Waals surface area contributed by atoms with E-state index in [1.54, 1.807) is 0 Å². The fourth-order valence-electron chi connectivity index (χ4n) is 1.68. The first kappa shape index (κ1) is 12.5. The second kappa shape index (κ2) is 5.14. The van der Waals surface area contributed by atoms with Gasteiger partial charge in [-0.2, -0.15) is 0 Å². The smallest absolute Gasteiger partial charge is 0.322 e. The number of ether oxygens (including phenoxy) is 1. The van der Waals surface area contributed by atoms with Crippen molar-refractivity contribution < 1.29 is 4.74 Å². The fraction of sp³-hybridized carbons (Fsp3) is 0.286. The predicted octanol–water partition coefficient (Wildman–Crippen LogP) is 2.91. The number of benzene rings is 1. The van der Waals surface area contributed by atoms with Crippen molar-refractivity contribution in [2.75, 3.05) is 0 Å². The maximum Gasteiger partial charge on any atom is 0.322 e. The molecule has 0 bridgehead atoms. The summed E-state index contributed by atoms with van der Waals surface area (Å²) in [6.07, 6.45) is 0. The predicted molar refractivity (Wildman–Crippen MR) is 70.6 cm³/mol. The van der Waals surface area contributed by atoms with Gasteiger partial charge in [0.05, 0.1) is 0 Å². The van der Waals surface area contributed by atoms with E-state index in [4.69, 9.17) is 10.5 Å². The van der Waals surface area contributed by atoms with Crippen LogP contribution in [-0.2, 0) is 0 Å². The highest BCUT2D eigenvalue weighted by atomic mass is 16.5. The van der Waals surface area contributed by atoms with E-state index in [2.05, 4.69) is 9.97 Å². The lowest BCUT2D eigenvalue weighted by Crippen LogP contribution is -2.04. The number of hydrogen-bond acceptors (Lipinski definition) is 4. The lowest BCUT2D eigenvalue weighted by molar-refractivity contribution is 0.438. The molecule has 2 aromatic rings. The van der Waals surface area contributed by atoms with Crippen LogP contribution in [0.25, 0.3) is 0 Å². The molecular formula is C14H17N3O. The van der Waals surface area contributed by atoms with E-state index in [9.17, 15) is 0 Å². The molecule has 18 heavy (non-hydrogen) atoms. The summed E-state index contributed by atoms with van der Waals surface area (Å²) in [6.45, 7) is 5.78. The second-order valence-electron chi connectivity index (χ2n) is 4.39. The van der Waals surface area contributed by atoms with Crippen LogP contribution in [0.5, 0.6) is 11.8 Å². The summed E-state index contributed by atoms with van der Waals surface area (Å²) >= 11 is 0. The molecule has 1 heterocycles. The zero-order chi connectivity index (χ0) is 13.1. The second-order valence-corrected chi connectivity index (χ2v) is 4.39. The molecule has 4 heteroatoms. The van der Waals surface area contributed by atoms with Gasteiger partial charge in [-0.05, 0) is 44.5 Å². The highest BCUT2D eigenvalue weighted by molar-refractivity contribution is 5.30. The lowest BCUT2D eigenvalue weighted by Gasteiger charge is -2.08. The molecule has 0 saturated heterocycles. The number of nitrogens with zero attached hydrogens (tertiary/aromatic N) is 2. The Kier molecular flexibility index (Phi) is 3.58. The Morgan fingerprint density at radius 3 is 2.11 bits per heavy atom. The van der Waals surface area contributed by atoms with E-state index in [-0.39, 0.29) is 6.04 Å². The third-order valence-corrected chi connectivity index (χ3v) is 2.58. The van der Waals surface area contributed by atoms with Gasteiger partial charge in [-0.25, -0.2) is 9.97 Å². The van der Waals surface area contributed by atoms with E-state index < -0.39 is 0 Å². The Bertz CT molecular complexity index is 515. The molecule has 0 radical (unpaired) electrons. The van der Waals surface area contributed by atoms with Crippen molar-refractivity contribution in [3.05, 3.63) is 47.3 Å². The Balaban J connectivity index is 2.18. The maximum absolute atomic E-state index is 5.79. The topological polar surface area (TPSA) is 61.0 Å². The average Bonchev–Trinajstić information content (AvgIpc) is 2.28. The van der Waals surface area contributed by atoms with E-state index in [1.165, 1.54) is 0 Å². The van der Waals surface area contributed by atoms with Crippen molar-refractivity contribution in [1.29, 1.82) is 0 Å². The molecular weight excluding hydrogens is 226 g/mol. The fourth-order valence-corrected chi connectivity index (χ4v) is 1.68. The third kappa shape index (κ3) is 3.05. The molecule has 2 N–H and O–H groups in total. The van der Waals surface area contributed by atoms with E-state index in [0.717, 1.165) is 17.0 Å². The number of aromatic nitrogens is 2. The van der Waals surface area contributed by atoms with Gasteiger partial charge < -0.3 is 10.5 Å². The van der Waals surface area contributed by atoms with Gasteiger partial charge in [0.2, 0.25) is 0 Å². The number of aryl methyl sites for hydroxylation is 2. The van der Waals surface area contributed by atoms with Crippen LogP contribution in [0.2, 0.25) is 0 Å². The maximum atomic E-state index is 5.79. The average molecular weight is 243 g/mol. The standard InChI is InChI=1S/C14H17N3O/c1-9-8-10(2)17-14(16-9)18-13-6-4-12(5-7-13)11(3)15/h4-8,11H,15H2,1-3H3. The first-order valence-electron chi connectivity index (χ1n) is 5.90. The third-order valence-electron chi connectivity index (χ3n) is 2.58. The molecule has 0 aliphatic heterocycles. The first-order valence-corrected chi connectivity index (χ1v) is 5.90. The Labute approximate surface area is 107 Å². The van der Waals surface area contributed by atoms with Crippen LogP contribution in [0.3, 0.4) is 0 Å². The van der Waals surface area contributed by atoms with Gasteiger partial charge in [0, 0.05) is 17.4 Å². The molecule has 94 valence electrons. The van der Waals surface area contributed by atoms with E-state index >= 15 is 0 Å². The summed E-state index contributed by atoms with van der Waals surface area (Å²) in [7, 11) is 0. The van der Waals surface area contributed by atoms with Crippen molar-refractivity contribution in [1.82, 2.24) is 9.97 Å². The van der Waals surface area contributed by atoms with Gasteiger partial charge in [-0.15, -0.1) is 0 Å². The molecule has 2 rings (SSSR count). The normalized spacial score (nSPS) is 12.2. The Morgan fingerprint density at radius 2 is 1.61 bits per heavy atom. The molecule has 0 aliphatic rings. The largest absolute Gasteiger partial charge is 0.424 e. The number of hydrogen-bond donors (Lipinski definition) is 1. The van der Waals surface area contributed by atoms with Gasteiger partial charge >= 0.3 is 6.01 Å². The van der Waals surface area contributed by atoms with Crippen LogP contribution in [0.15, 0.2) is 30.3 Å². The minimum atomic E-state index is 0.0246. The van der Waals surface area contributed by atoms with Gasteiger partial charge in [0.1, 0.15) is 5.75 Å². The van der Waals surface area contributed by atoms with E-state index in [1.807, 2.05) is 51.1 Å². The first-order chi connectivity index (χ1) is 8.54. The summed E-state index contributed by atoms with van der Waals surface area (Å²) in [5.74, 6) is 0.712. The van der Waals surface area contributed by atoms with Crippen LogP contribution in [0.1, 0.15) is 29.9 Å². The summed E-state index contributed by atoms with van der Waals surface area (Å²) in [5, 5.41) is 0. The minimum absolute atomic E-state index is 0.0246. The lowest BCUT2D eigenvalue weighted by atomic mass is 10.1. The summed E-state index contributed by atoms with van der Waals surface area (Å²) in [4.78, 5) is 8.46. The van der Waals surface area contributed by atoms with Crippen molar-refractivity contribution in [2.24, 2.45) is 5.73 Å². The van der Waals surface area contributed by atoms with Crippen molar-refractivity contribution in [3.63, 3.8) is 0 Å². The molecule has 1 aromatic heterocycles. The molecule has 0 fully saturated rings. The van der Waals surface area contributed by atoms with Gasteiger partial charge in [-0.1, -0.05) is 12.1 Å². The van der Waals surface area contributed by atoms with Crippen LogP contribution < -0.4 is 10.5 Å². The van der Waals surface area contributed by atoms with Crippen LogP contribution >= 0.6 is 0 Å². The minimum Gasteiger partial charge on any atom is -0.424 e. The van der Waals surface area contributed by atoms with Gasteiger partial charge in [0.25, 0.3) is 0 Å². The Hall–Kier alpha value is -1.94. The number of rotatable bonds is 3. The quantitative estimate of drug-likeness (QED) is 0.900. The highest BCUT2D eigenvalue weighted by Crippen LogP contribution is 2.20. The highest BCUT2D eigenvalue weighted by Gasteiger charge is 2.04. The molecule has 1 atom stereocenters. The molecule has 1 unspecified atom stereocenters. The van der Waals surface area contributed by atoms with Crippen LogP contribution in [-0.4, -0.2) is 9.97 Å². The van der Waals surface area contributed by atoms with Crippen molar-refractivity contribution in [3.8, 4) is 11.8 Å².